The van der Waals surface area contributed by atoms with Crippen LogP contribution in [0.4, 0.5) is 5.69 Å². The van der Waals surface area contributed by atoms with E-state index in [1.807, 2.05) is 32.0 Å². The first-order valence-electron chi connectivity index (χ1n) is 18.5. The molecule has 10 nitrogen and oxygen atoms in total. The smallest absolute Gasteiger partial charge is 0.320 e. The Labute approximate surface area is 306 Å². The number of Topliss-reactive ketones (excluding diaryl/α,β-unsaturated/α-hetero) is 1. The second kappa shape index (κ2) is 17.3. The first-order valence-corrected chi connectivity index (χ1v) is 19.6. The molecule has 3 fully saturated rings. The zero-order valence-electron chi connectivity index (χ0n) is 30.9. The summed E-state index contributed by atoms with van der Waals surface area (Å²) >= 11 is 1.37. The quantitative estimate of drug-likeness (QED) is 0.244. The molecule has 0 N–H and O–H groups in total. The summed E-state index contributed by atoms with van der Waals surface area (Å²) in [5, 5.41) is -0.689. The van der Waals surface area contributed by atoms with Gasteiger partial charge in [-0.15, -0.1) is 11.8 Å². The van der Waals surface area contributed by atoms with Gasteiger partial charge < -0.3 is 23.8 Å². The van der Waals surface area contributed by atoms with Crippen molar-refractivity contribution in [3.8, 4) is 11.5 Å². The standard InChI is InChI=1S/C40H54N2O8S/c1-25-11-13-32(43)28(4)35-36(39(46)50-40(35,5)24-48-38(45)27(3)22-26(2)21-25)51-20-19-42(37(44)29-15-17-41-18-16-29)30-12-14-33(47-6)34(23-30)49-31-9-7-8-10-31/h12,14-18,23,25-28,31,35-36H,7-11,13,19-22,24H2,1-6H3/t25?,26-,27-,28+,35+,36?,40-/m1/s1. The lowest BCUT2D eigenvalue weighted by Crippen LogP contribution is -2.46. The van der Waals surface area contributed by atoms with Crippen molar-refractivity contribution >= 4 is 41.1 Å². The average molecular weight is 723 g/mol. The molecular formula is C40H54N2O8S. The molecule has 1 aromatic heterocycles. The van der Waals surface area contributed by atoms with Gasteiger partial charge in [-0.1, -0.05) is 27.7 Å². The molecule has 2 aromatic rings. The van der Waals surface area contributed by atoms with Crippen LogP contribution in [0.1, 0.15) is 96.3 Å². The molecule has 5 rings (SSSR count). The first-order chi connectivity index (χ1) is 24.4. The van der Waals surface area contributed by atoms with Gasteiger partial charge in [-0.05, 0) is 88.0 Å². The lowest BCUT2D eigenvalue weighted by atomic mass is 9.76. The Bertz CT molecular complexity index is 1530. The van der Waals surface area contributed by atoms with Crippen molar-refractivity contribution in [1.82, 2.24) is 4.98 Å². The highest BCUT2D eigenvalue weighted by Crippen LogP contribution is 2.45. The zero-order valence-corrected chi connectivity index (χ0v) is 31.7. The maximum atomic E-state index is 14.0. The third kappa shape index (κ3) is 9.45. The number of hydrogen-bond donors (Lipinski definition) is 0. The summed E-state index contributed by atoms with van der Waals surface area (Å²) in [6.45, 7) is 9.96. The van der Waals surface area contributed by atoms with Gasteiger partial charge in [-0.25, -0.2) is 0 Å². The van der Waals surface area contributed by atoms with E-state index in [1.54, 1.807) is 43.5 Å². The summed E-state index contributed by atoms with van der Waals surface area (Å²) in [5.74, 6) is -0.0303. The molecule has 2 saturated heterocycles. The molecule has 11 heteroatoms. The van der Waals surface area contributed by atoms with Crippen LogP contribution in [0.5, 0.6) is 11.5 Å². The highest BCUT2D eigenvalue weighted by atomic mass is 32.2. The van der Waals surface area contributed by atoms with E-state index in [9.17, 15) is 19.2 Å². The normalized spacial score (nSPS) is 29.4. The number of methoxy groups -OCH3 is 1. The second-order valence-corrected chi connectivity index (χ2v) is 16.3. The molecule has 1 aliphatic carbocycles. The van der Waals surface area contributed by atoms with Gasteiger partial charge in [0.05, 0.1) is 19.1 Å². The molecular weight excluding hydrogens is 669 g/mol. The Kier molecular flexibility index (Phi) is 13.1. The molecule has 3 aliphatic rings. The number of benzene rings is 1. The van der Waals surface area contributed by atoms with E-state index in [-0.39, 0.29) is 42.8 Å². The third-order valence-corrected chi connectivity index (χ3v) is 12.1. The van der Waals surface area contributed by atoms with Crippen LogP contribution in [0.3, 0.4) is 0 Å². The molecule has 3 heterocycles. The van der Waals surface area contributed by atoms with Crippen molar-refractivity contribution in [3.05, 3.63) is 48.3 Å². The van der Waals surface area contributed by atoms with Crippen molar-refractivity contribution < 1.29 is 38.1 Å². The lowest BCUT2D eigenvalue weighted by Gasteiger charge is -2.34. The van der Waals surface area contributed by atoms with Gasteiger partial charge in [0.1, 0.15) is 23.2 Å². The average Bonchev–Trinajstić information content (AvgIpc) is 3.72. The number of cyclic esters (lactones) is 1. The molecule has 1 aromatic carbocycles. The number of pyridine rings is 1. The summed E-state index contributed by atoms with van der Waals surface area (Å²) in [6, 6.07) is 8.84. The largest absolute Gasteiger partial charge is 0.493 e. The molecule has 7 atom stereocenters. The summed E-state index contributed by atoms with van der Waals surface area (Å²) < 4.78 is 23.8. The van der Waals surface area contributed by atoms with Gasteiger partial charge in [0.15, 0.2) is 11.5 Å². The Morgan fingerprint density at radius 3 is 2.39 bits per heavy atom. The molecule has 2 aliphatic heterocycles. The van der Waals surface area contributed by atoms with Crippen molar-refractivity contribution in [1.29, 1.82) is 0 Å². The minimum Gasteiger partial charge on any atom is -0.493 e. The van der Waals surface area contributed by atoms with E-state index in [1.165, 1.54) is 11.8 Å². The molecule has 278 valence electrons. The number of carbonyl (C=O) groups is 4. The van der Waals surface area contributed by atoms with E-state index in [0.717, 1.165) is 38.5 Å². The number of esters is 2. The number of nitrogens with zero attached hydrogens (tertiary/aromatic N) is 2. The number of fused-ring (bicyclic) bond motifs is 1. The number of amides is 1. The summed E-state index contributed by atoms with van der Waals surface area (Å²) in [4.78, 5) is 60.2. The van der Waals surface area contributed by atoms with E-state index in [4.69, 9.17) is 18.9 Å². The molecule has 0 radical (unpaired) electrons. The molecule has 1 saturated carbocycles. The van der Waals surface area contributed by atoms with E-state index < -0.39 is 28.7 Å². The number of rotatable bonds is 9. The maximum Gasteiger partial charge on any atom is 0.320 e. The minimum absolute atomic E-state index is 0.0777. The Balaban J connectivity index is 1.39. The number of anilines is 1. The van der Waals surface area contributed by atoms with E-state index in [2.05, 4.69) is 18.8 Å². The Morgan fingerprint density at radius 2 is 1.69 bits per heavy atom. The van der Waals surface area contributed by atoms with E-state index in [0.29, 0.717) is 53.2 Å². The van der Waals surface area contributed by atoms with Crippen molar-refractivity contribution in [2.75, 3.05) is 30.9 Å². The number of ketones is 1. The maximum absolute atomic E-state index is 14.0. The van der Waals surface area contributed by atoms with Gasteiger partial charge in [-0.2, -0.15) is 0 Å². The van der Waals surface area contributed by atoms with Crippen molar-refractivity contribution in [3.63, 3.8) is 0 Å². The summed E-state index contributed by atoms with van der Waals surface area (Å²) in [7, 11) is 1.60. The van der Waals surface area contributed by atoms with Crippen LogP contribution in [0.2, 0.25) is 0 Å². The van der Waals surface area contributed by atoms with Gasteiger partial charge in [0, 0.05) is 60.3 Å². The molecule has 51 heavy (non-hydrogen) atoms. The van der Waals surface area contributed by atoms with Crippen LogP contribution in [0.15, 0.2) is 42.7 Å². The fraction of sp³-hybridized carbons (Fsp3) is 0.625. The van der Waals surface area contributed by atoms with Gasteiger partial charge in [-0.3, -0.25) is 24.2 Å². The lowest BCUT2D eigenvalue weighted by molar-refractivity contribution is -0.167. The molecule has 0 bridgehead atoms. The van der Waals surface area contributed by atoms with Crippen molar-refractivity contribution in [2.24, 2.45) is 29.6 Å². The van der Waals surface area contributed by atoms with Crippen LogP contribution < -0.4 is 14.4 Å². The van der Waals surface area contributed by atoms with Crippen LogP contribution in [-0.4, -0.2) is 71.6 Å². The fourth-order valence-corrected chi connectivity index (χ4v) is 9.52. The van der Waals surface area contributed by atoms with Crippen LogP contribution in [-0.2, 0) is 23.9 Å². The fourth-order valence-electron chi connectivity index (χ4n) is 8.07. The number of ether oxygens (including phenoxy) is 4. The Hall–Kier alpha value is -3.60. The SMILES string of the molecule is COc1ccc(N(CCSC2C(=O)O[C@]3(C)COC(=O)[C@H](C)C[C@H](C)CC(C)CCC(=O)[C@H](C)[C@@H]23)C(=O)c2ccncc2)cc1OC1CCCC1. The summed E-state index contributed by atoms with van der Waals surface area (Å²) in [6.07, 6.45) is 10.2. The highest BCUT2D eigenvalue weighted by molar-refractivity contribution is 8.00. The third-order valence-electron chi connectivity index (χ3n) is 10.8. The number of aromatic nitrogens is 1. The van der Waals surface area contributed by atoms with Crippen LogP contribution in [0, 0.1) is 29.6 Å². The van der Waals surface area contributed by atoms with Gasteiger partial charge in [0.25, 0.3) is 5.91 Å². The predicted octanol–water partition coefficient (Wildman–Crippen LogP) is 7.32. The highest BCUT2D eigenvalue weighted by Gasteiger charge is 2.57. The molecule has 0 spiro atoms. The number of carbonyl (C=O) groups excluding carboxylic acids is 4. The first kappa shape index (κ1) is 38.6. The van der Waals surface area contributed by atoms with Crippen LogP contribution in [0.25, 0.3) is 0 Å². The number of hydrogen-bond acceptors (Lipinski definition) is 10. The number of thioether (sulfide) groups is 1. The Morgan fingerprint density at radius 1 is 0.961 bits per heavy atom. The molecule has 1 amide bonds. The van der Waals surface area contributed by atoms with E-state index >= 15 is 0 Å². The summed E-state index contributed by atoms with van der Waals surface area (Å²) in [5.41, 5.74) is -0.0619. The second-order valence-electron chi connectivity index (χ2n) is 15.1. The zero-order chi connectivity index (χ0) is 36.7. The monoisotopic (exact) mass is 722 g/mol. The van der Waals surface area contributed by atoms with Gasteiger partial charge in [0.2, 0.25) is 0 Å². The van der Waals surface area contributed by atoms with Gasteiger partial charge >= 0.3 is 11.9 Å². The molecule has 2 unspecified atom stereocenters. The predicted molar refractivity (Wildman–Crippen MR) is 197 cm³/mol. The van der Waals surface area contributed by atoms with Crippen LogP contribution >= 0.6 is 11.8 Å². The topological polar surface area (TPSA) is 121 Å². The minimum atomic E-state index is -1.17. The van der Waals surface area contributed by atoms with Crippen molar-refractivity contribution in [2.45, 2.75) is 103 Å².